The zero-order valence-electron chi connectivity index (χ0n) is 11.7. The maximum atomic E-state index is 12.1. The Labute approximate surface area is 120 Å². The van der Waals surface area contributed by atoms with Crippen molar-refractivity contribution in [1.29, 1.82) is 0 Å². The monoisotopic (exact) mass is 298 g/mol. The summed E-state index contributed by atoms with van der Waals surface area (Å²) in [5, 5.41) is 0. The third-order valence-corrected chi connectivity index (χ3v) is 2.58. The maximum absolute atomic E-state index is 12.1. The second kappa shape index (κ2) is 8.00. The quantitative estimate of drug-likeness (QED) is 0.554. The highest BCUT2D eigenvalue weighted by molar-refractivity contribution is 5.82. The van der Waals surface area contributed by atoms with Crippen molar-refractivity contribution in [1.82, 2.24) is 14.5 Å². The molecule has 0 atom stereocenters. The number of esters is 1. The lowest BCUT2D eigenvalue weighted by molar-refractivity contribution is -0.149. The van der Waals surface area contributed by atoms with E-state index in [9.17, 15) is 19.2 Å². The van der Waals surface area contributed by atoms with Crippen LogP contribution in [0, 0.1) is 0 Å². The molecule has 0 saturated carbocycles. The van der Waals surface area contributed by atoms with E-state index in [4.69, 9.17) is 10.5 Å². The van der Waals surface area contributed by atoms with Gasteiger partial charge >= 0.3 is 11.7 Å². The van der Waals surface area contributed by atoms with Crippen LogP contribution in [-0.2, 0) is 20.9 Å². The lowest BCUT2D eigenvalue weighted by atomic mass is 10.4. The minimum atomic E-state index is -0.695. The molecule has 0 radical (unpaired) electrons. The summed E-state index contributed by atoms with van der Waals surface area (Å²) in [7, 11) is 0. The van der Waals surface area contributed by atoms with Gasteiger partial charge in [-0.3, -0.25) is 23.9 Å². The number of H-pyrrole nitrogens is 1. The first kappa shape index (κ1) is 16.6. The number of rotatable bonds is 7. The highest BCUT2D eigenvalue weighted by atomic mass is 16.5. The van der Waals surface area contributed by atoms with Gasteiger partial charge in [-0.15, -0.1) is 0 Å². The molecule has 9 heteroatoms. The number of amides is 1. The molecule has 0 saturated heterocycles. The normalized spacial score (nSPS) is 10.2. The average Bonchev–Trinajstić information content (AvgIpc) is 2.41. The van der Waals surface area contributed by atoms with Gasteiger partial charge in [-0.1, -0.05) is 0 Å². The molecular weight excluding hydrogens is 280 g/mol. The smallest absolute Gasteiger partial charge is 0.328 e. The van der Waals surface area contributed by atoms with Gasteiger partial charge in [0.25, 0.3) is 5.56 Å². The molecule has 1 aromatic heterocycles. The van der Waals surface area contributed by atoms with Gasteiger partial charge in [-0.05, 0) is 6.92 Å². The standard InChI is InChI=1S/C12H18N4O5/c1-2-21-11(19)8-15(6-4-13)10(18)7-16-5-3-9(17)14-12(16)20/h3,5H,2,4,6-8,13H2,1H3,(H,14,17,20). The first-order chi connectivity index (χ1) is 9.97. The van der Waals surface area contributed by atoms with Crippen LogP contribution in [0.5, 0.6) is 0 Å². The third kappa shape index (κ3) is 5.22. The van der Waals surface area contributed by atoms with Gasteiger partial charge in [-0.2, -0.15) is 0 Å². The van der Waals surface area contributed by atoms with E-state index in [1.807, 2.05) is 4.98 Å². The molecule has 1 heterocycles. The molecule has 1 rings (SSSR count). The van der Waals surface area contributed by atoms with Crippen molar-refractivity contribution < 1.29 is 14.3 Å². The Bertz CT molecular complexity index is 606. The fraction of sp³-hybridized carbons (Fsp3) is 0.500. The summed E-state index contributed by atoms with van der Waals surface area (Å²) in [6, 6.07) is 1.13. The van der Waals surface area contributed by atoms with Gasteiger partial charge < -0.3 is 15.4 Å². The number of nitrogens with one attached hydrogen (secondary N) is 1. The van der Waals surface area contributed by atoms with Crippen molar-refractivity contribution in [2.45, 2.75) is 13.5 Å². The molecule has 0 spiro atoms. The number of hydrogen-bond donors (Lipinski definition) is 2. The number of carbonyl (C=O) groups is 2. The zero-order valence-corrected chi connectivity index (χ0v) is 11.7. The van der Waals surface area contributed by atoms with Crippen LogP contribution in [0.2, 0.25) is 0 Å². The Hall–Kier alpha value is -2.42. The summed E-state index contributed by atoms with van der Waals surface area (Å²) in [5.41, 5.74) is 4.16. The fourth-order valence-electron chi connectivity index (χ4n) is 1.62. The van der Waals surface area contributed by atoms with Crippen LogP contribution in [0.1, 0.15) is 6.92 Å². The summed E-state index contributed by atoms with van der Waals surface area (Å²) >= 11 is 0. The topological polar surface area (TPSA) is 127 Å². The van der Waals surface area contributed by atoms with Crippen molar-refractivity contribution in [2.75, 3.05) is 26.2 Å². The highest BCUT2D eigenvalue weighted by Crippen LogP contribution is 1.94. The van der Waals surface area contributed by atoms with Gasteiger partial charge in [0, 0.05) is 25.4 Å². The number of nitrogens with two attached hydrogens (primary N) is 1. The van der Waals surface area contributed by atoms with Crippen molar-refractivity contribution >= 4 is 11.9 Å². The molecular formula is C12H18N4O5. The van der Waals surface area contributed by atoms with Gasteiger partial charge in [0.1, 0.15) is 13.1 Å². The summed E-state index contributed by atoms with van der Waals surface area (Å²) in [6.07, 6.45) is 1.21. The maximum Gasteiger partial charge on any atom is 0.328 e. The van der Waals surface area contributed by atoms with Crippen LogP contribution in [0.4, 0.5) is 0 Å². The highest BCUT2D eigenvalue weighted by Gasteiger charge is 2.18. The predicted molar refractivity (Wildman–Crippen MR) is 73.6 cm³/mol. The second-order valence-corrected chi connectivity index (χ2v) is 4.15. The van der Waals surface area contributed by atoms with Crippen LogP contribution in [0.15, 0.2) is 21.9 Å². The molecule has 21 heavy (non-hydrogen) atoms. The van der Waals surface area contributed by atoms with E-state index in [0.29, 0.717) is 0 Å². The number of nitrogens with zero attached hydrogens (tertiary/aromatic N) is 2. The molecule has 116 valence electrons. The van der Waals surface area contributed by atoms with Crippen molar-refractivity contribution in [2.24, 2.45) is 5.73 Å². The van der Waals surface area contributed by atoms with Crippen LogP contribution < -0.4 is 17.0 Å². The molecule has 3 N–H and O–H groups in total. The number of hydrogen-bond acceptors (Lipinski definition) is 6. The van der Waals surface area contributed by atoms with Gasteiger partial charge in [0.05, 0.1) is 6.61 Å². The molecule has 0 aliphatic heterocycles. The van der Waals surface area contributed by atoms with Crippen LogP contribution in [-0.4, -0.2) is 52.6 Å². The Morgan fingerprint density at radius 3 is 2.71 bits per heavy atom. The summed E-state index contributed by atoms with van der Waals surface area (Å²) in [5.74, 6) is -1.02. The van der Waals surface area contributed by atoms with E-state index in [1.54, 1.807) is 6.92 Å². The van der Waals surface area contributed by atoms with E-state index < -0.39 is 23.1 Å². The average molecular weight is 298 g/mol. The number of ether oxygens (including phenoxy) is 1. The number of aromatic nitrogens is 2. The number of aromatic amines is 1. The molecule has 1 aromatic rings. The van der Waals surface area contributed by atoms with E-state index in [2.05, 4.69) is 0 Å². The molecule has 0 unspecified atom stereocenters. The Morgan fingerprint density at radius 2 is 2.14 bits per heavy atom. The van der Waals surface area contributed by atoms with E-state index >= 15 is 0 Å². The fourth-order valence-corrected chi connectivity index (χ4v) is 1.62. The molecule has 0 fully saturated rings. The molecule has 0 aliphatic carbocycles. The second-order valence-electron chi connectivity index (χ2n) is 4.15. The van der Waals surface area contributed by atoms with Crippen molar-refractivity contribution in [3.63, 3.8) is 0 Å². The first-order valence-corrected chi connectivity index (χ1v) is 6.41. The zero-order chi connectivity index (χ0) is 15.8. The van der Waals surface area contributed by atoms with E-state index in [1.165, 1.54) is 11.1 Å². The van der Waals surface area contributed by atoms with Gasteiger partial charge in [0.15, 0.2) is 0 Å². The Morgan fingerprint density at radius 1 is 1.43 bits per heavy atom. The van der Waals surface area contributed by atoms with E-state index in [0.717, 1.165) is 10.6 Å². The molecule has 0 aliphatic rings. The molecule has 9 nitrogen and oxygen atoms in total. The van der Waals surface area contributed by atoms with Crippen molar-refractivity contribution in [3.8, 4) is 0 Å². The third-order valence-electron chi connectivity index (χ3n) is 2.58. The van der Waals surface area contributed by atoms with Crippen molar-refractivity contribution in [3.05, 3.63) is 33.1 Å². The first-order valence-electron chi connectivity index (χ1n) is 6.41. The minimum absolute atomic E-state index is 0.162. The summed E-state index contributed by atoms with van der Waals surface area (Å²) in [4.78, 5) is 49.2. The van der Waals surface area contributed by atoms with E-state index in [-0.39, 0.29) is 32.8 Å². The molecule has 1 amide bonds. The lowest BCUT2D eigenvalue weighted by Crippen LogP contribution is -2.43. The van der Waals surface area contributed by atoms with Crippen LogP contribution in [0.25, 0.3) is 0 Å². The van der Waals surface area contributed by atoms with Gasteiger partial charge in [0.2, 0.25) is 5.91 Å². The van der Waals surface area contributed by atoms with Gasteiger partial charge in [-0.25, -0.2) is 4.79 Å². The summed E-state index contributed by atoms with van der Waals surface area (Å²) < 4.78 is 5.81. The Kier molecular flexibility index (Phi) is 6.34. The molecule has 0 bridgehead atoms. The minimum Gasteiger partial charge on any atom is -0.465 e. The number of carbonyl (C=O) groups excluding carboxylic acids is 2. The SMILES string of the molecule is CCOC(=O)CN(CCN)C(=O)Cn1ccc(=O)[nH]c1=O. The largest absolute Gasteiger partial charge is 0.465 e. The Balaban J connectivity index is 2.78. The lowest BCUT2D eigenvalue weighted by Gasteiger charge is -2.21. The predicted octanol–water partition coefficient (Wildman–Crippen LogP) is -2.11. The van der Waals surface area contributed by atoms with Crippen LogP contribution in [0.3, 0.4) is 0 Å². The van der Waals surface area contributed by atoms with Crippen LogP contribution >= 0.6 is 0 Å². The molecule has 0 aromatic carbocycles. The summed E-state index contributed by atoms with van der Waals surface area (Å²) in [6.45, 7) is 1.67.